The number of fused-ring (bicyclic) bond motifs is 1. The highest BCUT2D eigenvalue weighted by Crippen LogP contribution is 2.33. The molecule has 2 nitrogen and oxygen atoms in total. The van der Waals surface area contributed by atoms with Gasteiger partial charge in [-0.1, -0.05) is 60.7 Å². The number of aryl methyl sites for hydroxylation is 1. The number of benzene rings is 3. The average molecular weight is 336 g/mol. The van der Waals surface area contributed by atoms with Gasteiger partial charge in [-0.25, -0.2) is 0 Å². The molecule has 0 aliphatic heterocycles. The molecule has 0 spiro atoms. The van der Waals surface area contributed by atoms with E-state index in [0.717, 1.165) is 29.5 Å². The normalized spacial score (nSPS) is 12.8. The second-order valence-corrected chi connectivity index (χ2v) is 6.64. The van der Waals surface area contributed by atoms with Crippen molar-refractivity contribution in [2.75, 3.05) is 0 Å². The van der Waals surface area contributed by atoms with Crippen LogP contribution in [0.2, 0.25) is 0 Å². The third kappa shape index (κ3) is 3.06. The van der Waals surface area contributed by atoms with Crippen LogP contribution in [0, 0.1) is 11.3 Å². The molecule has 0 saturated heterocycles. The van der Waals surface area contributed by atoms with Crippen LogP contribution in [0.3, 0.4) is 0 Å². The van der Waals surface area contributed by atoms with Gasteiger partial charge in [-0.2, -0.15) is 5.26 Å². The minimum Gasteiger partial charge on any atom is -0.326 e. The lowest BCUT2D eigenvalue weighted by atomic mass is 9.86. The monoisotopic (exact) mass is 336 g/mol. The Labute approximate surface area is 154 Å². The summed E-state index contributed by atoms with van der Waals surface area (Å²) in [5.74, 6) is 0. The Kier molecular flexibility index (Phi) is 4.39. The van der Waals surface area contributed by atoms with Crippen molar-refractivity contribution in [2.45, 2.75) is 19.4 Å². The second-order valence-electron chi connectivity index (χ2n) is 6.64. The zero-order valence-corrected chi connectivity index (χ0v) is 14.6. The number of hydrogen-bond acceptors (Lipinski definition) is 2. The van der Waals surface area contributed by atoms with Crippen molar-refractivity contribution in [3.63, 3.8) is 0 Å². The fourth-order valence-electron chi connectivity index (χ4n) is 3.57. The van der Waals surface area contributed by atoms with Gasteiger partial charge in [0.1, 0.15) is 0 Å². The van der Waals surface area contributed by atoms with Crippen LogP contribution < -0.4 is 5.73 Å². The smallest absolute Gasteiger partial charge is 0.0998 e. The zero-order chi connectivity index (χ0) is 17.9. The van der Waals surface area contributed by atoms with Crippen molar-refractivity contribution < 1.29 is 0 Å². The topological polar surface area (TPSA) is 49.8 Å². The molecule has 3 aromatic carbocycles. The molecule has 0 heterocycles. The third-order valence-corrected chi connectivity index (χ3v) is 5.06. The van der Waals surface area contributed by atoms with Gasteiger partial charge >= 0.3 is 0 Å². The number of nitriles is 1. The lowest BCUT2D eigenvalue weighted by Gasteiger charge is -2.18. The van der Waals surface area contributed by atoms with Crippen LogP contribution in [-0.2, 0) is 13.0 Å². The summed E-state index contributed by atoms with van der Waals surface area (Å²) in [6.07, 6.45) is 4.37. The summed E-state index contributed by atoms with van der Waals surface area (Å²) in [6, 6.07) is 25.1. The highest BCUT2D eigenvalue weighted by molar-refractivity contribution is 5.86. The van der Waals surface area contributed by atoms with Crippen LogP contribution in [0.15, 0.2) is 66.7 Å². The van der Waals surface area contributed by atoms with Gasteiger partial charge in [-0.15, -0.1) is 0 Å². The average Bonchev–Trinajstić information content (AvgIpc) is 2.73. The molecule has 0 radical (unpaired) electrons. The molecule has 2 N–H and O–H groups in total. The quantitative estimate of drug-likeness (QED) is 0.717. The maximum Gasteiger partial charge on any atom is 0.0998 e. The van der Waals surface area contributed by atoms with E-state index in [1.165, 1.54) is 22.3 Å². The molecule has 3 aromatic rings. The summed E-state index contributed by atoms with van der Waals surface area (Å²) in [4.78, 5) is 0. The Morgan fingerprint density at radius 3 is 2.42 bits per heavy atom. The number of allylic oxidation sites excluding steroid dienone is 1. The fourth-order valence-corrected chi connectivity index (χ4v) is 3.57. The van der Waals surface area contributed by atoms with Crippen molar-refractivity contribution in [1.29, 1.82) is 5.26 Å². The summed E-state index contributed by atoms with van der Waals surface area (Å²) < 4.78 is 0. The second kappa shape index (κ2) is 7.00. The van der Waals surface area contributed by atoms with E-state index in [-0.39, 0.29) is 0 Å². The Balaban J connectivity index is 1.74. The molecule has 126 valence electrons. The number of hydrogen-bond donors (Lipinski definition) is 1. The Morgan fingerprint density at radius 2 is 1.65 bits per heavy atom. The molecule has 0 unspecified atom stereocenters. The molecule has 0 atom stereocenters. The number of nitrogens with zero attached hydrogens (tertiary/aromatic N) is 1. The zero-order valence-electron chi connectivity index (χ0n) is 14.6. The number of rotatable bonds is 3. The summed E-state index contributed by atoms with van der Waals surface area (Å²) in [6.45, 7) is 0.573. The molecule has 0 aromatic heterocycles. The molecule has 0 fully saturated rings. The van der Waals surface area contributed by atoms with Gasteiger partial charge in [0.25, 0.3) is 0 Å². The summed E-state index contributed by atoms with van der Waals surface area (Å²) in [7, 11) is 0. The summed E-state index contributed by atoms with van der Waals surface area (Å²) >= 11 is 0. The third-order valence-electron chi connectivity index (χ3n) is 5.06. The van der Waals surface area contributed by atoms with Crippen molar-refractivity contribution >= 4 is 11.6 Å². The Bertz CT molecular complexity index is 1020. The van der Waals surface area contributed by atoms with Gasteiger partial charge in [0.15, 0.2) is 0 Å². The van der Waals surface area contributed by atoms with Gasteiger partial charge in [0.2, 0.25) is 0 Å². The SMILES string of the molecule is N#Cc1ccccc1-c1ccc2c(c1)C=C(c1ccc(CN)cc1)CC2. The van der Waals surface area contributed by atoms with Crippen LogP contribution >= 0.6 is 0 Å². The first kappa shape index (κ1) is 16.3. The number of nitrogens with two attached hydrogens (primary N) is 1. The van der Waals surface area contributed by atoms with E-state index in [4.69, 9.17) is 5.73 Å². The molecule has 26 heavy (non-hydrogen) atoms. The van der Waals surface area contributed by atoms with E-state index >= 15 is 0 Å². The lowest BCUT2D eigenvalue weighted by Crippen LogP contribution is -2.00. The Morgan fingerprint density at radius 1 is 0.885 bits per heavy atom. The molecular weight excluding hydrogens is 316 g/mol. The molecule has 1 aliphatic carbocycles. The Hall–Kier alpha value is -3.15. The fraction of sp³-hybridized carbons (Fsp3) is 0.125. The van der Waals surface area contributed by atoms with Crippen molar-refractivity contribution in [3.05, 3.63) is 94.5 Å². The van der Waals surface area contributed by atoms with E-state index in [1.54, 1.807) is 0 Å². The van der Waals surface area contributed by atoms with Crippen LogP contribution in [0.1, 0.15) is 34.2 Å². The van der Waals surface area contributed by atoms with Crippen LogP contribution in [0.25, 0.3) is 22.8 Å². The van der Waals surface area contributed by atoms with Gasteiger partial charge in [0, 0.05) is 6.54 Å². The largest absolute Gasteiger partial charge is 0.326 e. The standard InChI is InChI=1S/C24H20N2/c25-15-17-5-7-18(8-6-17)20-11-9-19-10-12-21(14-23(19)13-20)24-4-2-1-3-22(24)16-26/h1-8,10,12-14H,9,11,15,25H2. The highest BCUT2D eigenvalue weighted by atomic mass is 14.5. The maximum atomic E-state index is 9.38. The van der Waals surface area contributed by atoms with Crippen molar-refractivity contribution in [1.82, 2.24) is 0 Å². The summed E-state index contributed by atoms with van der Waals surface area (Å²) in [5.41, 5.74) is 14.9. The minimum absolute atomic E-state index is 0.573. The van der Waals surface area contributed by atoms with Crippen LogP contribution in [0.5, 0.6) is 0 Å². The van der Waals surface area contributed by atoms with E-state index in [9.17, 15) is 5.26 Å². The first-order valence-corrected chi connectivity index (χ1v) is 8.91. The van der Waals surface area contributed by atoms with Crippen molar-refractivity contribution in [3.8, 4) is 17.2 Å². The van der Waals surface area contributed by atoms with Gasteiger partial charge in [-0.05, 0) is 63.9 Å². The van der Waals surface area contributed by atoms with Crippen molar-refractivity contribution in [2.24, 2.45) is 5.73 Å². The molecule has 1 aliphatic rings. The highest BCUT2D eigenvalue weighted by Gasteiger charge is 2.14. The van der Waals surface area contributed by atoms with Gasteiger partial charge in [-0.3, -0.25) is 0 Å². The lowest BCUT2D eigenvalue weighted by molar-refractivity contribution is 1.000. The maximum absolute atomic E-state index is 9.38. The van der Waals surface area contributed by atoms with E-state index in [0.29, 0.717) is 12.1 Å². The summed E-state index contributed by atoms with van der Waals surface area (Å²) in [5, 5.41) is 9.38. The predicted octanol–water partition coefficient (Wildman–Crippen LogP) is 5.17. The first-order chi connectivity index (χ1) is 12.8. The molecule has 0 bridgehead atoms. The first-order valence-electron chi connectivity index (χ1n) is 8.91. The molecule has 0 saturated carbocycles. The van der Waals surface area contributed by atoms with E-state index in [2.05, 4.69) is 54.6 Å². The van der Waals surface area contributed by atoms with Gasteiger partial charge < -0.3 is 5.73 Å². The van der Waals surface area contributed by atoms with Crippen LogP contribution in [-0.4, -0.2) is 0 Å². The van der Waals surface area contributed by atoms with E-state index in [1.807, 2.05) is 24.3 Å². The van der Waals surface area contributed by atoms with Crippen LogP contribution in [0.4, 0.5) is 0 Å². The molecule has 0 amide bonds. The predicted molar refractivity (Wildman–Crippen MR) is 107 cm³/mol. The van der Waals surface area contributed by atoms with Gasteiger partial charge in [0.05, 0.1) is 11.6 Å². The molecule has 4 rings (SSSR count). The molecule has 2 heteroatoms. The molecular formula is C24H20N2. The minimum atomic E-state index is 0.573. The van der Waals surface area contributed by atoms with E-state index < -0.39 is 0 Å².